The first-order valence-electron chi connectivity index (χ1n) is 10.4. The van der Waals surface area contributed by atoms with Crippen LogP contribution in [0.3, 0.4) is 0 Å². The third-order valence-electron chi connectivity index (χ3n) is 6.16. The summed E-state index contributed by atoms with van der Waals surface area (Å²) in [6.07, 6.45) is 3.02. The Kier molecular flexibility index (Phi) is 3.17. The Labute approximate surface area is 170 Å². The van der Waals surface area contributed by atoms with Crippen molar-refractivity contribution in [2.75, 3.05) is 0 Å². The van der Waals surface area contributed by atoms with E-state index in [4.69, 9.17) is 4.98 Å². The van der Waals surface area contributed by atoms with Gasteiger partial charge >= 0.3 is 0 Å². The molecule has 0 saturated carbocycles. The molecule has 0 atom stereocenters. The number of hydrogen-bond acceptors (Lipinski definition) is 1. The van der Waals surface area contributed by atoms with E-state index in [1.807, 2.05) is 6.20 Å². The quantitative estimate of drug-likeness (QED) is 0.218. The van der Waals surface area contributed by atoms with Crippen LogP contribution < -0.4 is 0 Å². The van der Waals surface area contributed by atoms with Crippen molar-refractivity contribution in [1.82, 2.24) is 9.38 Å². The first-order valence-corrected chi connectivity index (χ1v) is 10.4. The van der Waals surface area contributed by atoms with Crippen molar-refractivity contribution < 1.29 is 0 Å². The van der Waals surface area contributed by atoms with Crippen LogP contribution in [-0.2, 0) is 6.42 Å². The van der Waals surface area contributed by atoms with Gasteiger partial charge in [0.05, 0.1) is 22.1 Å². The maximum atomic E-state index is 4.85. The predicted molar refractivity (Wildman–Crippen MR) is 124 cm³/mol. The largest absolute Gasteiger partial charge is 0.308 e. The Hall–Kier alpha value is -3.13. The highest BCUT2D eigenvalue weighted by atomic mass is 14.9. The zero-order valence-corrected chi connectivity index (χ0v) is 17.4. The van der Waals surface area contributed by atoms with Crippen molar-refractivity contribution in [2.45, 2.75) is 34.1 Å². The van der Waals surface area contributed by atoms with E-state index in [0.717, 1.165) is 11.9 Å². The van der Waals surface area contributed by atoms with Gasteiger partial charge in [0, 0.05) is 27.7 Å². The Morgan fingerprint density at radius 3 is 2.52 bits per heavy atom. The number of pyridine rings is 2. The van der Waals surface area contributed by atoms with Crippen LogP contribution in [0.4, 0.5) is 0 Å². The number of nitrogens with zero attached hydrogens (tertiary/aromatic N) is 2. The predicted octanol–water partition coefficient (Wildman–Crippen LogP) is 7.28. The number of fused-ring (bicyclic) bond motifs is 5. The lowest BCUT2D eigenvalue weighted by atomic mass is 9.87. The Morgan fingerprint density at radius 1 is 0.862 bits per heavy atom. The van der Waals surface area contributed by atoms with E-state index in [1.165, 1.54) is 54.6 Å². The molecule has 3 heterocycles. The van der Waals surface area contributed by atoms with Crippen LogP contribution in [0.5, 0.6) is 0 Å². The molecule has 0 aliphatic rings. The fourth-order valence-corrected chi connectivity index (χ4v) is 5.16. The summed E-state index contributed by atoms with van der Waals surface area (Å²) in [4.78, 5) is 4.85. The second-order valence-corrected chi connectivity index (χ2v) is 9.62. The molecule has 3 aromatic carbocycles. The topological polar surface area (TPSA) is 17.3 Å². The zero-order chi connectivity index (χ0) is 19.9. The van der Waals surface area contributed by atoms with Crippen molar-refractivity contribution in [3.05, 3.63) is 71.9 Å². The summed E-state index contributed by atoms with van der Waals surface area (Å²) in [5, 5.41) is 6.46. The average molecular weight is 377 g/mol. The molecule has 0 bridgehead atoms. The van der Waals surface area contributed by atoms with Crippen LogP contribution >= 0.6 is 0 Å². The molecular formula is C27H24N2. The highest BCUT2D eigenvalue weighted by Gasteiger charge is 2.20. The first-order chi connectivity index (χ1) is 13.9. The van der Waals surface area contributed by atoms with Crippen LogP contribution in [-0.4, -0.2) is 9.38 Å². The Morgan fingerprint density at radius 2 is 1.69 bits per heavy atom. The van der Waals surface area contributed by atoms with Crippen molar-refractivity contribution in [3.63, 3.8) is 0 Å². The number of para-hydroxylation sites is 1. The van der Waals surface area contributed by atoms with Crippen molar-refractivity contribution in [1.29, 1.82) is 0 Å². The number of benzene rings is 3. The summed E-state index contributed by atoms with van der Waals surface area (Å²) < 4.78 is 2.48. The van der Waals surface area contributed by atoms with Gasteiger partial charge in [-0.15, -0.1) is 0 Å². The third-order valence-corrected chi connectivity index (χ3v) is 6.16. The van der Waals surface area contributed by atoms with Crippen LogP contribution in [0, 0.1) is 12.3 Å². The van der Waals surface area contributed by atoms with Crippen molar-refractivity contribution in [2.24, 2.45) is 5.41 Å². The van der Waals surface area contributed by atoms with E-state index in [2.05, 4.69) is 86.7 Å². The molecule has 0 aliphatic heterocycles. The molecule has 6 rings (SSSR count). The molecule has 6 aromatic rings. The fraction of sp³-hybridized carbons (Fsp3) is 0.222. The van der Waals surface area contributed by atoms with Gasteiger partial charge in [-0.1, -0.05) is 57.2 Å². The highest BCUT2D eigenvalue weighted by molar-refractivity contribution is 6.26. The zero-order valence-electron chi connectivity index (χ0n) is 17.4. The van der Waals surface area contributed by atoms with Gasteiger partial charge in [0.1, 0.15) is 0 Å². The molecule has 0 aliphatic carbocycles. The lowest BCUT2D eigenvalue weighted by Crippen LogP contribution is -2.09. The van der Waals surface area contributed by atoms with E-state index >= 15 is 0 Å². The van der Waals surface area contributed by atoms with Crippen molar-refractivity contribution in [3.8, 4) is 0 Å². The maximum Gasteiger partial charge on any atom is 0.0822 e. The monoisotopic (exact) mass is 376 g/mol. The number of aromatic nitrogens is 2. The molecule has 0 saturated heterocycles. The SMILES string of the molecule is Cc1ccc2c3nccc4cc(CC(C)(C)C)cc(c43)n3c4ccccc4c1c23. The third kappa shape index (κ3) is 2.26. The molecule has 2 nitrogen and oxygen atoms in total. The molecule has 142 valence electrons. The van der Waals surface area contributed by atoms with Crippen molar-refractivity contribution >= 4 is 49.0 Å². The summed E-state index contributed by atoms with van der Waals surface area (Å²) >= 11 is 0. The minimum Gasteiger partial charge on any atom is -0.308 e. The first kappa shape index (κ1) is 16.8. The van der Waals surface area contributed by atoms with E-state index in [9.17, 15) is 0 Å². The van der Waals surface area contributed by atoms with Gasteiger partial charge in [-0.2, -0.15) is 0 Å². The van der Waals surface area contributed by atoms with Gasteiger partial charge in [-0.05, 0) is 53.5 Å². The summed E-state index contributed by atoms with van der Waals surface area (Å²) in [6, 6.07) is 20.2. The molecule has 0 amide bonds. The average Bonchev–Trinajstić information content (AvgIpc) is 3.02. The lowest BCUT2D eigenvalue weighted by Gasteiger charge is -2.20. The number of aryl methyl sites for hydroxylation is 1. The lowest BCUT2D eigenvalue weighted by molar-refractivity contribution is 0.411. The number of hydrogen-bond donors (Lipinski definition) is 0. The van der Waals surface area contributed by atoms with E-state index in [-0.39, 0.29) is 5.41 Å². The molecule has 3 aromatic heterocycles. The van der Waals surface area contributed by atoms with Gasteiger partial charge < -0.3 is 4.40 Å². The Balaban J connectivity index is 1.95. The molecular weight excluding hydrogens is 352 g/mol. The second kappa shape index (κ2) is 5.48. The highest BCUT2D eigenvalue weighted by Crippen LogP contribution is 2.41. The van der Waals surface area contributed by atoms with Gasteiger partial charge in [0.15, 0.2) is 0 Å². The van der Waals surface area contributed by atoms with E-state index in [1.54, 1.807) is 0 Å². The fourth-order valence-electron chi connectivity index (χ4n) is 5.16. The normalized spacial score (nSPS) is 13.0. The van der Waals surface area contributed by atoms with E-state index < -0.39 is 0 Å². The summed E-state index contributed by atoms with van der Waals surface area (Å²) in [7, 11) is 0. The molecule has 0 radical (unpaired) electrons. The van der Waals surface area contributed by atoms with Crippen LogP contribution in [0.1, 0.15) is 31.9 Å². The van der Waals surface area contributed by atoms with Crippen LogP contribution in [0.25, 0.3) is 49.0 Å². The van der Waals surface area contributed by atoms with Gasteiger partial charge in [-0.25, -0.2) is 0 Å². The summed E-state index contributed by atoms with van der Waals surface area (Å²) in [5.74, 6) is 0. The minimum atomic E-state index is 0.244. The smallest absolute Gasteiger partial charge is 0.0822 e. The van der Waals surface area contributed by atoms with Gasteiger partial charge in [0.2, 0.25) is 0 Å². The summed E-state index contributed by atoms with van der Waals surface area (Å²) in [6.45, 7) is 9.14. The minimum absolute atomic E-state index is 0.244. The molecule has 2 heteroatoms. The molecule has 0 fully saturated rings. The summed E-state index contributed by atoms with van der Waals surface area (Å²) in [5.41, 5.74) is 7.91. The second-order valence-electron chi connectivity index (χ2n) is 9.62. The molecule has 29 heavy (non-hydrogen) atoms. The van der Waals surface area contributed by atoms with Crippen LogP contribution in [0.15, 0.2) is 60.8 Å². The molecule has 0 spiro atoms. The van der Waals surface area contributed by atoms with E-state index in [0.29, 0.717) is 0 Å². The van der Waals surface area contributed by atoms with Crippen LogP contribution in [0.2, 0.25) is 0 Å². The molecule has 0 unspecified atom stereocenters. The number of rotatable bonds is 1. The standard InChI is InChI=1S/C27H24N2/c1-16-9-10-20-25-24-18(11-12-28-25)13-17(15-27(2,3)4)14-22(24)29-21-8-6-5-7-19(21)23(16)26(20)29/h5-14H,15H2,1-4H3. The molecule has 0 N–H and O–H groups in total. The Bertz CT molecular complexity index is 1560. The van der Waals surface area contributed by atoms with Gasteiger partial charge in [-0.3, -0.25) is 4.98 Å². The maximum absolute atomic E-state index is 4.85. The van der Waals surface area contributed by atoms with Gasteiger partial charge in [0.25, 0.3) is 0 Å².